The van der Waals surface area contributed by atoms with Crippen LogP contribution >= 0.6 is 0 Å². The third-order valence-corrected chi connectivity index (χ3v) is 2.27. The monoisotopic (exact) mass is 247 g/mol. The Kier molecular flexibility index (Phi) is 3.98. The van der Waals surface area contributed by atoms with Gasteiger partial charge in [-0.25, -0.2) is 0 Å². The Balaban J connectivity index is 2.65. The van der Waals surface area contributed by atoms with Gasteiger partial charge >= 0.3 is 12.1 Å². The summed E-state index contributed by atoms with van der Waals surface area (Å²) in [7, 11) is 0. The van der Waals surface area contributed by atoms with Gasteiger partial charge in [-0.2, -0.15) is 13.2 Å². The summed E-state index contributed by atoms with van der Waals surface area (Å²) in [5.74, 6) is -1.65. The van der Waals surface area contributed by atoms with Crippen LogP contribution < -0.4 is 5.32 Å². The van der Waals surface area contributed by atoms with Crippen molar-refractivity contribution in [1.29, 1.82) is 0 Å². The first kappa shape index (κ1) is 13.3. The average Bonchev–Trinajstić information content (AvgIpc) is 2.25. The molecule has 0 aliphatic heterocycles. The molecule has 1 atom stereocenters. The van der Waals surface area contributed by atoms with E-state index in [4.69, 9.17) is 5.11 Å². The Hall–Kier alpha value is -1.72. The second-order valence-electron chi connectivity index (χ2n) is 3.65. The van der Waals surface area contributed by atoms with E-state index in [2.05, 4.69) is 5.32 Å². The summed E-state index contributed by atoms with van der Waals surface area (Å²) in [5.41, 5.74) is 0.860. The summed E-state index contributed by atoms with van der Waals surface area (Å²) in [6.45, 7) is 0.404. The van der Waals surface area contributed by atoms with Gasteiger partial charge in [0.2, 0.25) is 0 Å². The van der Waals surface area contributed by atoms with Gasteiger partial charge in [0.1, 0.15) is 6.54 Å². The van der Waals surface area contributed by atoms with Crippen LogP contribution in [-0.2, 0) is 4.79 Å². The Labute approximate surface area is 96.3 Å². The molecule has 1 unspecified atom stereocenters. The molecule has 0 saturated carbocycles. The predicted octanol–water partition coefficient (Wildman–Crippen LogP) is 2.85. The number of rotatable bonds is 4. The van der Waals surface area contributed by atoms with E-state index < -0.39 is 24.6 Å². The molecule has 0 aliphatic rings. The smallest absolute Gasteiger partial charge is 0.405 e. The molecule has 0 fully saturated rings. The molecule has 0 heterocycles. The van der Waals surface area contributed by atoms with E-state index in [1.165, 1.54) is 31.2 Å². The van der Waals surface area contributed by atoms with Crippen molar-refractivity contribution in [2.45, 2.75) is 19.0 Å². The van der Waals surface area contributed by atoms with Crippen molar-refractivity contribution in [2.75, 3.05) is 11.9 Å². The Morgan fingerprint density at radius 2 is 1.88 bits per heavy atom. The molecular weight excluding hydrogens is 235 g/mol. The zero-order valence-corrected chi connectivity index (χ0v) is 9.08. The number of hydrogen-bond donors (Lipinski definition) is 2. The van der Waals surface area contributed by atoms with E-state index in [-0.39, 0.29) is 0 Å². The average molecular weight is 247 g/mol. The van der Waals surface area contributed by atoms with E-state index in [9.17, 15) is 18.0 Å². The molecule has 6 heteroatoms. The minimum atomic E-state index is -4.27. The molecule has 17 heavy (non-hydrogen) atoms. The first-order chi connectivity index (χ1) is 7.79. The summed E-state index contributed by atoms with van der Waals surface area (Å²) in [4.78, 5) is 10.7. The van der Waals surface area contributed by atoms with Gasteiger partial charge in [-0.1, -0.05) is 12.1 Å². The van der Waals surface area contributed by atoms with Gasteiger partial charge in [0, 0.05) is 5.69 Å². The van der Waals surface area contributed by atoms with Crippen LogP contribution in [0.2, 0.25) is 0 Å². The van der Waals surface area contributed by atoms with Crippen LogP contribution in [0, 0.1) is 0 Å². The lowest BCUT2D eigenvalue weighted by molar-refractivity contribution is -0.138. The normalized spacial score (nSPS) is 13.2. The maximum atomic E-state index is 11.9. The zero-order valence-electron chi connectivity index (χ0n) is 9.08. The summed E-state index contributed by atoms with van der Waals surface area (Å²) in [6, 6.07) is 5.86. The molecule has 0 radical (unpaired) electrons. The van der Waals surface area contributed by atoms with Gasteiger partial charge in [-0.15, -0.1) is 0 Å². The molecule has 0 spiro atoms. The van der Waals surface area contributed by atoms with Crippen molar-refractivity contribution in [3.63, 3.8) is 0 Å². The summed E-state index contributed by atoms with van der Waals surface area (Å²) in [5, 5.41) is 11.0. The molecule has 2 N–H and O–H groups in total. The molecule has 3 nitrogen and oxygen atoms in total. The van der Waals surface area contributed by atoms with Crippen molar-refractivity contribution in [3.8, 4) is 0 Å². The van der Waals surface area contributed by atoms with E-state index in [0.29, 0.717) is 11.3 Å². The molecule has 0 amide bonds. The van der Waals surface area contributed by atoms with Crippen molar-refractivity contribution in [1.82, 2.24) is 0 Å². The van der Waals surface area contributed by atoms with Crippen LogP contribution in [0.1, 0.15) is 18.4 Å². The molecule has 0 aromatic heterocycles. The number of carboxylic acids is 1. The van der Waals surface area contributed by atoms with Gasteiger partial charge in [0.05, 0.1) is 5.92 Å². The number of halogens is 3. The second-order valence-corrected chi connectivity index (χ2v) is 3.65. The molecule has 0 aliphatic carbocycles. The highest BCUT2D eigenvalue weighted by atomic mass is 19.4. The van der Waals surface area contributed by atoms with Crippen molar-refractivity contribution < 1.29 is 23.1 Å². The summed E-state index contributed by atoms with van der Waals surface area (Å²) >= 11 is 0. The third kappa shape index (κ3) is 4.34. The number of anilines is 1. The van der Waals surface area contributed by atoms with Crippen molar-refractivity contribution >= 4 is 11.7 Å². The van der Waals surface area contributed by atoms with Crippen molar-refractivity contribution in [2.24, 2.45) is 0 Å². The lowest BCUT2D eigenvalue weighted by atomic mass is 10.0. The largest absolute Gasteiger partial charge is 0.481 e. The highest BCUT2D eigenvalue weighted by Gasteiger charge is 2.26. The van der Waals surface area contributed by atoms with Crippen LogP contribution in [0.15, 0.2) is 24.3 Å². The van der Waals surface area contributed by atoms with E-state index in [0.717, 1.165) is 0 Å². The lowest BCUT2D eigenvalue weighted by Crippen LogP contribution is -2.21. The van der Waals surface area contributed by atoms with E-state index in [1.54, 1.807) is 0 Å². The van der Waals surface area contributed by atoms with Gasteiger partial charge in [-0.3, -0.25) is 4.79 Å². The van der Waals surface area contributed by atoms with Crippen LogP contribution in [0.4, 0.5) is 18.9 Å². The number of alkyl halides is 3. The maximum absolute atomic E-state index is 11.9. The third-order valence-electron chi connectivity index (χ3n) is 2.27. The summed E-state index contributed by atoms with van der Waals surface area (Å²) in [6.07, 6.45) is -4.27. The molecule has 1 rings (SSSR count). The molecule has 1 aromatic carbocycles. The minimum absolute atomic E-state index is 0.309. The number of aliphatic carboxylic acids is 1. The lowest BCUT2D eigenvalue weighted by Gasteiger charge is -2.11. The highest BCUT2D eigenvalue weighted by Crippen LogP contribution is 2.20. The number of carboxylic acid groups (broad SMARTS) is 1. The standard InChI is InChI=1S/C11H12F3NO2/c1-7(10(16)17)8-2-4-9(5-3-8)15-6-11(12,13)14/h2-5,7,15H,6H2,1H3,(H,16,17). The first-order valence-corrected chi connectivity index (χ1v) is 4.93. The molecule has 0 saturated heterocycles. The topological polar surface area (TPSA) is 49.3 Å². The van der Waals surface area contributed by atoms with Crippen LogP contribution in [-0.4, -0.2) is 23.8 Å². The zero-order chi connectivity index (χ0) is 13.1. The van der Waals surface area contributed by atoms with Gasteiger partial charge in [0.25, 0.3) is 0 Å². The second kappa shape index (κ2) is 5.07. The number of nitrogens with one attached hydrogen (secondary N) is 1. The van der Waals surface area contributed by atoms with Crippen molar-refractivity contribution in [3.05, 3.63) is 29.8 Å². The van der Waals surface area contributed by atoms with Gasteiger partial charge in [0.15, 0.2) is 0 Å². The number of carbonyl (C=O) groups is 1. The Morgan fingerprint density at radius 1 is 1.35 bits per heavy atom. The van der Waals surface area contributed by atoms with Gasteiger partial charge < -0.3 is 10.4 Å². The molecule has 94 valence electrons. The Bertz CT molecular complexity index is 387. The fraction of sp³-hybridized carbons (Fsp3) is 0.364. The fourth-order valence-corrected chi connectivity index (χ4v) is 1.23. The number of hydrogen-bond acceptors (Lipinski definition) is 2. The first-order valence-electron chi connectivity index (χ1n) is 4.93. The molecular formula is C11H12F3NO2. The quantitative estimate of drug-likeness (QED) is 0.860. The van der Waals surface area contributed by atoms with Gasteiger partial charge in [-0.05, 0) is 24.6 Å². The number of benzene rings is 1. The minimum Gasteiger partial charge on any atom is -0.481 e. The van der Waals surface area contributed by atoms with E-state index in [1.807, 2.05) is 0 Å². The van der Waals surface area contributed by atoms with E-state index >= 15 is 0 Å². The van der Waals surface area contributed by atoms with Crippen LogP contribution in [0.5, 0.6) is 0 Å². The maximum Gasteiger partial charge on any atom is 0.405 e. The van der Waals surface area contributed by atoms with Crippen LogP contribution in [0.3, 0.4) is 0 Å². The molecule has 0 bridgehead atoms. The predicted molar refractivity (Wildman–Crippen MR) is 57.0 cm³/mol. The fourth-order valence-electron chi connectivity index (χ4n) is 1.23. The van der Waals surface area contributed by atoms with Crippen LogP contribution in [0.25, 0.3) is 0 Å². The SMILES string of the molecule is CC(C(=O)O)c1ccc(NCC(F)(F)F)cc1. The molecule has 1 aromatic rings. The highest BCUT2D eigenvalue weighted by molar-refractivity contribution is 5.75. The Morgan fingerprint density at radius 3 is 2.29 bits per heavy atom. The summed E-state index contributed by atoms with van der Waals surface area (Å²) < 4.78 is 35.7.